The number of nitrogens with one attached hydrogen (secondary N) is 1. The molecule has 0 fully saturated rings. The van der Waals surface area contributed by atoms with Gasteiger partial charge in [0, 0.05) is 4.88 Å². The van der Waals surface area contributed by atoms with Crippen LogP contribution in [0.15, 0.2) is 0 Å². The highest BCUT2D eigenvalue weighted by Crippen LogP contribution is 2.24. The summed E-state index contributed by atoms with van der Waals surface area (Å²) in [6.07, 6.45) is -0.414. The SMILES string of the molecule is COC(=O)NC(C)c1sc(C)nc1C. The van der Waals surface area contributed by atoms with Crippen molar-refractivity contribution in [3.63, 3.8) is 0 Å². The van der Waals surface area contributed by atoms with E-state index in [4.69, 9.17) is 0 Å². The third-order valence-corrected chi connectivity index (χ3v) is 3.11. The predicted molar refractivity (Wildman–Crippen MR) is 55.5 cm³/mol. The van der Waals surface area contributed by atoms with Crippen molar-refractivity contribution >= 4 is 17.4 Å². The minimum atomic E-state index is -0.414. The van der Waals surface area contributed by atoms with Crippen LogP contribution < -0.4 is 5.32 Å². The second-order valence-electron chi connectivity index (χ2n) is 3.04. The van der Waals surface area contributed by atoms with E-state index in [9.17, 15) is 4.79 Å². The molecule has 0 aromatic carbocycles. The Morgan fingerprint density at radius 1 is 1.57 bits per heavy atom. The van der Waals surface area contributed by atoms with Crippen LogP contribution in [0.4, 0.5) is 4.79 Å². The van der Waals surface area contributed by atoms with Gasteiger partial charge in [-0.05, 0) is 20.8 Å². The number of carbonyl (C=O) groups excluding carboxylic acids is 1. The van der Waals surface area contributed by atoms with Crippen molar-refractivity contribution in [3.8, 4) is 0 Å². The zero-order chi connectivity index (χ0) is 10.7. The summed E-state index contributed by atoms with van der Waals surface area (Å²) in [5, 5.41) is 3.72. The average molecular weight is 214 g/mol. The molecule has 1 aromatic rings. The molecule has 0 spiro atoms. The van der Waals surface area contributed by atoms with Gasteiger partial charge in [-0.15, -0.1) is 11.3 Å². The Morgan fingerprint density at radius 2 is 2.21 bits per heavy atom. The number of rotatable bonds is 2. The number of hydrogen-bond acceptors (Lipinski definition) is 4. The molecule has 0 saturated heterocycles. The first kappa shape index (κ1) is 11.0. The number of alkyl carbamates (subject to hydrolysis) is 1. The molecule has 1 unspecified atom stereocenters. The number of methoxy groups -OCH3 is 1. The van der Waals surface area contributed by atoms with E-state index >= 15 is 0 Å². The highest BCUT2D eigenvalue weighted by Gasteiger charge is 2.14. The van der Waals surface area contributed by atoms with Gasteiger partial charge in [0.1, 0.15) is 0 Å². The molecule has 0 aliphatic rings. The van der Waals surface area contributed by atoms with E-state index in [2.05, 4.69) is 15.0 Å². The molecule has 5 heteroatoms. The third-order valence-electron chi connectivity index (χ3n) is 1.85. The molecule has 78 valence electrons. The number of nitrogens with zero attached hydrogens (tertiary/aromatic N) is 1. The van der Waals surface area contributed by atoms with E-state index < -0.39 is 6.09 Å². The third kappa shape index (κ3) is 2.45. The van der Waals surface area contributed by atoms with E-state index in [-0.39, 0.29) is 6.04 Å². The van der Waals surface area contributed by atoms with Crippen LogP contribution in [0.1, 0.15) is 28.5 Å². The molecule has 14 heavy (non-hydrogen) atoms. The highest BCUT2D eigenvalue weighted by molar-refractivity contribution is 7.11. The highest BCUT2D eigenvalue weighted by atomic mass is 32.1. The number of ether oxygens (including phenoxy) is 1. The van der Waals surface area contributed by atoms with E-state index in [1.54, 1.807) is 11.3 Å². The fourth-order valence-corrected chi connectivity index (χ4v) is 2.18. The van der Waals surface area contributed by atoms with E-state index in [1.165, 1.54) is 7.11 Å². The zero-order valence-corrected chi connectivity index (χ0v) is 9.57. The van der Waals surface area contributed by atoms with Gasteiger partial charge in [0.15, 0.2) is 0 Å². The second kappa shape index (κ2) is 4.41. The van der Waals surface area contributed by atoms with Crippen LogP contribution in [0.3, 0.4) is 0 Å². The van der Waals surface area contributed by atoms with Crippen molar-refractivity contribution in [2.75, 3.05) is 7.11 Å². The van der Waals surface area contributed by atoms with Crippen molar-refractivity contribution in [3.05, 3.63) is 15.6 Å². The molecule has 0 aliphatic carbocycles. The maximum absolute atomic E-state index is 11.0. The van der Waals surface area contributed by atoms with Gasteiger partial charge < -0.3 is 10.1 Å². The van der Waals surface area contributed by atoms with Crippen LogP contribution in [0.5, 0.6) is 0 Å². The average Bonchev–Trinajstić information content (AvgIpc) is 2.45. The molecule has 0 aliphatic heterocycles. The first-order valence-electron chi connectivity index (χ1n) is 4.33. The predicted octanol–water partition coefficient (Wildman–Crippen LogP) is 2.18. The van der Waals surface area contributed by atoms with E-state index in [1.807, 2.05) is 20.8 Å². The van der Waals surface area contributed by atoms with Crippen LogP contribution in [0, 0.1) is 13.8 Å². The summed E-state index contributed by atoms with van der Waals surface area (Å²) >= 11 is 1.59. The van der Waals surface area contributed by atoms with Crippen LogP contribution >= 0.6 is 11.3 Å². The molecule has 1 amide bonds. The lowest BCUT2D eigenvalue weighted by molar-refractivity contribution is 0.167. The molecular formula is C9H14N2O2S. The molecule has 1 N–H and O–H groups in total. The number of amides is 1. The Balaban J connectivity index is 2.73. The molecule has 0 radical (unpaired) electrons. The standard InChI is InChI=1S/C9H14N2O2S/c1-5-8(14-7(3)10-5)6(2)11-9(12)13-4/h6H,1-4H3,(H,11,12). The minimum Gasteiger partial charge on any atom is -0.453 e. The Morgan fingerprint density at radius 3 is 2.64 bits per heavy atom. The number of aromatic nitrogens is 1. The van der Waals surface area contributed by atoms with Gasteiger partial charge >= 0.3 is 6.09 Å². The lowest BCUT2D eigenvalue weighted by atomic mass is 10.2. The second-order valence-corrected chi connectivity index (χ2v) is 4.27. The normalized spacial score (nSPS) is 12.3. The Bertz CT molecular complexity index is 336. The number of aryl methyl sites for hydroxylation is 2. The maximum Gasteiger partial charge on any atom is 0.407 e. The Labute approximate surface area is 87.3 Å². The molecule has 0 bridgehead atoms. The fraction of sp³-hybridized carbons (Fsp3) is 0.556. The minimum absolute atomic E-state index is 0.0475. The Hall–Kier alpha value is -1.10. The summed E-state index contributed by atoms with van der Waals surface area (Å²) < 4.78 is 4.52. The van der Waals surface area contributed by atoms with Gasteiger partial charge in [0.05, 0.1) is 23.9 Å². The van der Waals surface area contributed by atoms with Crippen LogP contribution in [-0.4, -0.2) is 18.2 Å². The van der Waals surface area contributed by atoms with Crippen LogP contribution in [-0.2, 0) is 4.74 Å². The molecule has 1 heterocycles. The maximum atomic E-state index is 11.0. The van der Waals surface area contributed by atoms with Crippen molar-refractivity contribution < 1.29 is 9.53 Å². The first-order valence-corrected chi connectivity index (χ1v) is 5.14. The van der Waals surface area contributed by atoms with Gasteiger partial charge in [-0.25, -0.2) is 9.78 Å². The largest absolute Gasteiger partial charge is 0.453 e. The summed E-state index contributed by atoms with van der Waals surface area (Å²) in [4.78, 5) is 16.3. The van der Waals surface area contributed by atoms with E-state index in [0.29, 0.717) is 0 Å². The summed E-state index contributed by atoms with van der Waals surface area (Å²) in [5.41, 5.74) is 0.969. The molecule has 0 saturated carbocycles. The van der Waals surface area contributed by atoms with Gasteiger partial charge in [-0.2, -0.15) is 0 Å². The zero-order valence-electron chi connectivity index (χ0n) is 8.75. The molecule has 1 rings (SSSR count). The lowest BCUT2D eigenvalue weighted by Gasteiger charge is -2.11. The molecule has 4 nitrogen and oxygen atoms in total. The summed E-state index contributed by atoms with van der Waals surface area (Å²) in [7, 11) is 1.35. The van der Waals surface area contributed by atoms with Crippen molar-refractivity contribution in [2.45, 2.75) is 26.8 Å². The quantitative estimate of drug-likeness (QED) is 0.821. The van der Waals surface area contributed by atoms with Gasteiger partial charge in [-0.1, -0.05) is 0 Å². The monoisotopic (exact) mass is 214 g/mol. The lowest BCUT2D eigenvalue weighted by Crippen LogP contribution is -2.26. The van der Waals surface area contributed by atoms with Crippen molar-refractivity contribution in [1.82, 2.24) is 10.3 Å². The van der Waals surface area contributed by atoms with Gasteiger partial charge in [-0.3, -0.25) is 0 Å². The molecule has 1 aromatic heterocycles. The van der Waals surface area contributed by atoms with Crippen LogP contribution in [0.25, 0.3) is 0 Å². The van der Waals surface area contributed by atoms with E-state index in [0.717, 1.165) is 15.6 Å². The topological polar surface area (TPSA) is 51.2 Å². The van der Waals surface area contributed by atoms with Crippen molar-refractivity contribution in [2.24, 2.45) is 0 Å². The number of carbonyl (C=O) groups is 1. The van der Waals surface area contributed by atoms with Gasteiger partial charge in [0.25, 0.3) is 0 Å². The molecule has 1 atom stereocenters. The smallest absolute Gasteiger partial charge is 0.407 e. The van der Waals surface area contributed by atoms with Gasteiger partial charge in [0.2, 0.25) is 0 Å². The first-order chi connectivity index (χ1) is 6.54. The van der Waals surface area contributed by atoms with Crippen molar-refractivity contribution in [1.29, 1.82) is 0 Å². The van der Waals surface area contributed by atoms with Crippen LogP contribution in [0.2, 0.25) is 0 Å². The Kier molecular flexibility index (Phi) is 3.46. The summed E-state index contributed by atoms with van der Waals surface area (Å²) in [6.45, 7) is 5.80. The summed E-state index contributed by atoms with van der Waals surface area (Å²) in [5.74, 6) is 0. The fourth-order valence-electron chi connectivity index (χ4n) is 1.25. The molecular weight excluding hydrogens is 200 g/mol. The summed E-state index contributed by atoms with van der Waals surface area (Å²) in [6, 6.07) is -0.0475. The number of thiazole rings is 1. The number of hydrogen-bond donors (Lipinski definition) is 1.